The first-order valence-electron chi connectivity index (χ1n) is 3.80. The number of nitrogens with one attached hydrogen (secondary N) is 1. The number of furan rings is 1. The number of rotatable bonds is 3. The van der Waals surface area contributed by atoms with Crippen LogP contribution >= 0.6 is 0 Å². The number of nitrogens with two attached hydrogens (primary N) is 1. The molecular formula is C7H9N5O2. The van der Waals surface area contributed by atoms with E-state index in [2.05, 4.69) is 10.0 Å². The van der Waals surface area contributed by atoms with E-state index >= 15 is 0 Å². The topological polar surface area (TPSA) is 117 Å². The van der Waals surface area contributed by atoms with Gasteiger partial charge in [-0.15, -0.1) is 0 Å². The Morgan fingerprint density at radius 2 is 2.57 bits per heavy atom. The Hall–Kier alpha value is -1.98. The molecule has 0 saturated carbocycles. The summed E-state index contributed by atoms with van der Waals surface area (Å²) in [5.41, 5.74) is 10.4. The molecule has 0 aliphatic heterocycles. The molecule has 7 heteroatoms. The second kappa shape index (κ2) is 4.31. The van der Waals surface area contributed by atoms with Crippen LogP contribution in [0.1, 0.15) is 21.9 Å². The van der Waals surface area contributed by atoms with Gasteiger partial charge in [-0.1, -0.05) is 5.11 Å². The van der Waals surface area contributed by atoms with Gasteiger partial charge in [0, 0.05) is 4.91 Å². The summed E-state index contributed by atoms with van der Waals surface area (Å²) in [7, 11) is 0. The first-order chi connectivity index (χ1) is 6.69. The molecule has 1 aromatic heterocycles. The summed E-state index contributed by atoms with van der Waals surface area (Å²) in [6.45, 7) is 1.71. The third-order valence-electron chi connectivity index (χ3n) is 1.63. The summed E-state index contributed by atoms with van der Waals surface area (Å²) in [6.07, 6.45) is 0. The summed E-state index contributed by atoms with van der Waals surface area (Å²) in [5.74, 6) is 5.40. The van der Waals surface area contributed by atoms with Crippen LogP contribution < -0.4 is 11.3 Å². The molecule has 3 N–H and O–H groups in total. The SMILES string of the molecule is Cc1oc(CN=[N+]=[N-])cc1C(=O)NN. The molecule has 0 bridgehead atoms. The van der Waals surface area contributed by atoms with Crippen molar-refractivity contribution in [2.24, 2.45) is 11.0 Å². The molecule has 1 amide bonds. The monoisotopic (exact) mass is 195 g/mol. The first-order valence-corrected chi connectivity index (χ1v) is 3.80. The average Bonchev–Trinajstić information content (AvgIpc) is 2.55. The van der Waals surface area contributed by atoms with E-state index in [9.17, 15) is 4.79 Å². The van der Waals surface area contributed by atoms with E-state index < -0.39 is 5.91 Å². The molecule has 0 aromatic carbocycles. The normalized spacial score (nSPS) is 9.29. The summed E-state index contributed by atoms with van der Waals surface area (Å²) in [6, 6.07) is 1.49. The lowest BCUT2D eigenvalue weighted by atomic mass is 10.2. The van der Waals surface area contributed by atoms with Crippen LogP contribution in [0.2, 0.25) is 0 Å². The van der Waals surface area contributed by atoms with Crippen molar-refractivity contribution >= 4 is 5.91 Å². The van der Waals surface area contributed by atoms with Crippen molar-refractivity contribution in [2.75, 3.05) is 0 Å². The predicted molar refractivity (Wildman–Crippen MR) is 47.9 cm³/mol. The molecule has 0 aliphatic carbocycles. The Morgan fingerprint density at radius 1 is 1.86 bits per heavy atom. The van der Waals surface area contributed by atoms with E-state index in [1.807, 2.05) is 5.43 Å². The van der Waals surface area contributed by atoms with Gasteiger partial charge in [-0.2, -0.15) is 0 Å². The van der Waals surface area contributed by atoms with E-state index in [1.165, 1.54) is 6.07 Å². The third kappa shape index (κ3) is 2.03. The molecule has 0 saturated heterocycles. The number of amides is 1. The maximum Gasteiger partial charge on any atom is 0.268 e. The van der Waals surface area contributed by atoms with E-state index in [-0.39, 0.29) is 6.54 Å². The van der Waals surface area contributed by atoms with Gasteiger partial charge in [0.15, 0.2) is 0 Å². The fourth-order valence-electron chi connectivity index (χ4n) is 1.03. The van der Waals surface area contributed by atoms with Gasteiger partial charge in [-0.25, -0.2) is 5.84 Å². The second-order valence-corrected chi connectivity index (χ2v) is 2.55. The van der Waals surface area contributed by atoms with Gasteiger partial charge in [0.05, 0.1) is 12.1 Å². The number of azide groups is 1. The molecular weight excluding hydrogens is 186 g/mol. The molecule has 0 unspecified atom stereocenters. The van der Waals surface area contributed by atoms with Crippen molar-refractivity contribution in [1.82, 2.24) is 5.43 Å². The highest BCUT2D eigenvalue weighted by molar-refractivity contribution is 5.94. The third-order valence-corrected chi connectivity index (χ3v) is 1.63. The van der Waals surface area contributed by atoms with Crippen molar-refractivity contribution < 1.29 is 9.21 Å². The van der Waals surface area contributed by atoms with Crippen molar-refractivity contribution in [3.05, 3.63) is 33.6 Å². The molecule has 0 atom stereocenters. The van der Waals surface area contributed by atoms with Crippen LogP contribution in [-0.4, -0.2) is 5.91 Å². The van der Waals surface area contributed by atoms with Gasteiger partial charge < -0.3 is 4.42 Å². The Balaban J connectivity index is 2.92. The Labute approximate surface area is 79.5 Å². The molecule has 0 spiro atoms. The van der Waals surface area contributed by atoms with Gasteiger partial charge in [-0.05, 0) is 18.5 Å². The molecule has 14 heavy (non-hydrogen) atoms. The number of nitrogens with zero attached hydrogens (tertiary/aromatic N) is 3. The Morgan fingerprint density at radius 3 is 3.14 bits per heavy atom. The summed E-state index contributed by atoms with van der Waals surface area (Å²) in [4.78, 5) is 13.7. The summed E-state index contributed by atoms with van der Waals surface area (Å²) >= 11 is 0. The zero-order valence-corrected chi connectivity index (χ0v) is 7.52. The Bertz CT molecular complexity index is 391. The second-order valence-electron chi connectivity index (χ2n) is 2.55. The maximum atomic E-state index is 11.1. The van der Waals surface area contributed by atoms with Gasteiger partial charge >= 0.3 is 0 Å². The van der Waals surface area contributed by atoms with E-state index in [4.69, 9.17) is 15.8 Å². The fraction of sp³-hybridized carbons (Fsp3) is 0.286. The molecule has 74 valence electrons. The molecule has 0 radical (unpaired) electrons. The van der Waals surface area contributed by atoms with Gasteiger partial charge in [0.2, 0.25) is 0 Å². The van der Waals surface area contributed by atoms with Crippen LogP contribution in [0.15, 0.2) is 15.6 Å². The molecule has 1 heterocycles. The molecule has 1 rings (SSSR count). The van der Waals surface area contributed by atoms with Crippen LogP contribution in [0.3, 0.4) is 0 Å². The van der Waals surface area contributed by atoms with Crippen molar-refractivity contribution in [3.63, 3.8) is 0 Å². The number of hydrazine groups is 1. The largest absolute Gasteiger partial charge is 0.465 e. The highest BCUT2D eigenvalue weighted by atomic mass is 16.3. The number of carbonyl (C=O) groups is 1. The minimum absolute atomic E-state index is 0.0786. The maximum absolute atomic E-state index is 11.1. The van der Waals surface area contributed by atoms with E-state index in [1.54, 1.807) is 6.92 Å². The number of nitrogen functional groups attached to an aromatic ring is 1. The van der Waals surface area contributed by atoms with Crippen LogP contribution in [0.4, 0.5) is 0 Å². The summed E-state index contributed by atoms with van der Waals surface area (Å²) < 4.78 is 5.16. The number of hydrogen-bond donors (Lipinski definition) is 2. The fourth-order valence-corrected chi connectivity index (χ4v) is 1.03. The lowest BCUT2D eigenvalue weighted by Gasteiger charge is -1.93. The molecule has 1 aromatic rings. The Kier molecular flexibility index (Phi) is 3.11. The predicted octanol–water partition coefficient (Wildman–Crippen LogP) is 1.00. The lowest BCUT2D eigenvalue weighted by Crippen LogP contribution is -2.30. The quantitative estimate of drug-likeness (QED) is 0.187. The zero-order chi connectivity index (χ0) is 10.6. The average molecular weight is 195 g/mol. The smallest absolute Gasteiger partial charge is 0.268 e. The lowest BCUT2D eigenvalue weighted by molar-refractivity contribution is 0.0952. The highest BCUT2D eigenvalue weighted by Crippen LogP contribution is 2.15. The van der Waals surface area contributed by atoms with Crippen molar-refractivity contribution in [2.45, 2.75) is 13.5 Å². The highest BCUT2D eigenvalue weighted by Gasteiger charge is 2.12. The van der Waals surface area contributed by atoms with Gasteiger partial charge in [-0.3, -0.25) is 10.2 Å². The zero-order valence-electron chi connectivity index (χ0n) is 7.52. The molecule has 7 nitrogen and oxygen atoms in total. The summed E-state index contributed by atoms with van der Waals surface area (Å²) in [5, 5.41) is 3.31. The minimum Gasteiger partial charge on any atom is -0.465 e. The molecule has 0 fully saturated rings. The van der Waals surface area contributed by atoms with Crippen molar-refractivity contribution in [3.8, 4) is 0 Å². The van der Waals surface area contributed by atoms with Gasteiger partial charge in [0.25, 0.3) is 5.91 Å². The first kappa shape index (κ1) is 10.1. The minimum atomic E-state index is -0.432. The van der Waals surface area contributed by atoms with Crippen LogP contribution in [0.25, 0.3) is 10.4 Å². The van der Waals surface area contributed by atoms with Gasteiger partial charge in [0.1, 0.15) is 11.5 Å². The van der Waals surface area contributed by atoms with Crippen LogP contribution in [0, 0.1) is 6.92 Å². The number of carbonyl (C=O) groups excluding carboxylic acids is 1. The molecule has 0 aliphatic rings. The van der Waals surface area contributed by atoms with Crippen LogP contribution in [0.5, 0.6) is 0 Å². The van der Waals surface area contributed by atoms with E-state index in [0.29, 0.717) is 17.1 Å². The standard InChI is InChI=1S/C7H9N5O2/c1-4-6(7(13)11-8)2-5(14-4)3-10-12-9/h2H,3,8H2,1H3,(H,11,13). The van der Waals surface area contributed by atoms with E-state index in [0.717, 1.165) is 0 Å². The van der Waals surface area contributed by atoms with Crippen molar-refractivity contribution in [1.29, 1.82) is 0 Å². The van der Waals surface area contributed by atoms with Crippen LogP contribution in [-0.2, 0) is 6.54 Å². The number of aryl methyl sites for hydroxylation is 1. The number of hydrogen-bond acceptors (Lipinski definition) is 4.